The van der Waals surface area contributed by atoms with Gasteiger partial charge >= 0.3 is 6.61 Å². The molecule has 3 aromatic rings. The smallest absolute Gasteiger partial charge is 0.387 e. The minimum atomic E-state index is -3.93. The summed E-state index contributed by atoms with van der Waals surface area (Å²) in [5.41, 5.74) is 1.05. The summed E-state index contributed by atoms with van der Waals surface area (Å²) >= 11 is 0. The van der Waals surface area contributed by atoms with Crippen molar-refractivity contribution in [2.24, 2.45) is 0 Å². The molecule has 34 heavy (non-hydrogen) atoms. The molecule has 0 bridgehead atoms. The molecule has 3 rings (SSSR count). The average molecular weight is 494 g/mol. The van der Waals surface area contributed by atoms with E-state index >= 15 is 0 Å². The molecule has 7 nitrogen and oxygen atoms in total. The molecule has 0 radical (unpaired) electrons. The summed E-state index contributed by atoms with van der Waals surface area (Å²) in [7, 11) is -1.08. The zero-order chi connectivity index (χ0) is 24.9. The van der Waals surface area contributed by atoms with Crippen LogP contribution in [0, 0.1) is 5.82 Å². The molecular formula is C23H21F3N2O5S. The van der Waals surface area contributed by atoms with Crippen LogP contribution in [0.3, 0.4) is 0 Å². The number of hydrogen-bond donors (Lipinski definition) is 1. The summed E-state index contributed by atoms with van der Waals surface area (Å²) in [4.78, 5) is 14.1. The van der Waals surface area contributed by atoms with Crippen molar-refractivity contribution < 1.29 is 35.9 Å². The van der Waals surface area contributed by atoms with Crippen LogP contribution in [0.5, 0.6) is 11.5 Å². The number of carbonyl (C=O) groups excluding carboxylic acids is 1. The Labute approximate surface area is 194 Å². The molecule has 0 aliphatic rings. The van der Waals surface area contributed by atoms with E-state index < -0.39 is 22.5 Å². The van der Waals surface area contributed by atoms with Gasteiger partial charge in [0.15, 0.2) is 11.5 Å². The fourth-order valence-electron chi connectivity index (χ4n) is 3.08. The van der Waals surface area contributed by atoms with Gasteiger partial charge in [-0.25, -0.2) is 12.8 Å². The minimum Gasteiger partial charge on any atom is -0.493 e. The van der Waals surface area contributed by atoms with Crippen LogP contribution in [-0.4, -0.2) is 40.0 Å². The Morgan fingerprint density at radius 3 is 2.24 bits per heavy atom. The third-order valence-corrected chi connectivity index (χ3v) is 6.12. The Kier molecular flexibility index (Phi) is 7.67. The molecule has 0 fully saturated rings. The third kappa shape index (κ3) is 6.19. The highest BCUT2D eigenvalue weighted by Crippen LogP contribution is 2.30. The quantitative estimate of drug-likeness (QED) is 0.473. The van der Waals surface area contributed by atoms with Crippen molar-refractivity contribution in [3.8, 4) is 11.5 Å². The van der Waals surface area contributed by atoms with Crippen molar-refractivity contribution in [3.05, 3.63) is 83.7 Å². The molecule has 11 heteroatoms. The third-order valence-electron chi connectivity index (χ3n) is 4.72. The molecule has 1 amide bonds. The maximum absolute atomic E-state index is 13.0. The molecule has 0 aromatic heterocycles. The summed E-state index contributed by atoms with van der Waals surface area (Å²) in [5.74, 6) is -0.906. The van der Waals surface area contributed by atoms with Gasteiger partial charge in [0.1, 0.15) is 5.82 Å². The van der Waals surface area contributed by atoms with Crippen molar-refractivity contribution in [2.45, 2.75) is 18.1 Å². The number of ether oxygens (including phenoxy) is 2. The predicted octanol–water partition coefficient (Wildman–Crippen LogP) is 4.51. The SMILES string of the molecule is COc1cc(CN(C)C(=O)c2ccc(S(=O)(=O)Nc3ccc(F)cc3)cc2)ccc1OC(F)F. The van der Waals surface area contributed by atoms with Crippen LogP contribution >= 0.6 is 0 Å². The van der Waals surface area contributed by atoms with Gasteiger partial charge in [-0.15, -0.1) is 0 Å². The van der Waals surface area contributed by atoms with E-state index in [4.69, 9.17) is 4.74 Å². The van der Waals surface area contributed by atoms with E-state index in [0.717, 1.165) is 12.1 Å². The second kappa shape index (κ2) is 10.5. The van der Waals surface area contributed by atoms with Gasteiger partial charge in [-0.05, 0) is 66.2 Å². The number of halogens is 3. The number of rotatable bonds is 9. The second-order valence-corrected chi connectivity index (χ2v) is 8.84. The van der Waals surface area contributed by atoms with E-state index in [9.17, 15) is 26.4 Å². The largest absolute Gasteiger partial charge is 0.493 e. The zero-order valence-corrected chi connectivity index (χ0v) is 19.0. The summed E-state index contributed by atoms with van der Waals surface area (Å²) in [6.45, 7) is -2.86. The van der Waals surface area contributed by atoms with Crippen molar-refractivity contribution in [2.75, 3.05) is 18.9 Å². The molecule has 0 aliphatic heterocycles. The van der Waals surface area contributed by atoms with E-state index in [-0.39, 0.29) is 40.1 Å². The predicted molar refractivity (Wildman–Crippen MR) is 119 cm³/mol. The minimum absolute atomic E-state index is 0.0737. The standard InChI is InChI=1S/C23H21F3N2O5S/c1-28(14-15-3-12-20(33-23(25)26)21(13-15)32-2)22(29)16-4-10-19(11-5-16)34(30,31)27-18-8-6-17(24)7-9-18/h3-13,23,27H,14H2,1-2H3. The van der Waals surface area contributed by atoms with Gasteiger partial charge in [0.05, 0.1) is 12.0 Å². The van der Waals surface area contributed by atoms with Crippen LogP contribution in [0.25, 0.3) is 0 Å². The van der Waals surface area contributed by atoms with E-state index in [1.807, 2.05) is 0 Å². The lowest BCUT2D eigenvalue weighted by molar-refractivity contribution is -0.0512. The summed E-state index contributed by atoms with van der Waals surface area (Å²) < 4.78 is 74.8. The number of nitrogens with zero attached hydrogens (tertiary/aromatic N) is 1. The molecule has 0 atom stereocenters. The first kappa shape index (κ1) is 24.9. The van der Waals surface area contributed by atoms with Crippen LogP contribution in [-0.2, 0) is 16.6 Å². The molecule has 1 N–H and O–H groups in total. The van der Waals surface area contributed by atoms with Crippen LogP contribution in [0.1, 0.15) is 15.9 Å². The van der Waals surface area contributed by atoms with E-state index in [0.29, 0.717) is 5.56 Å². The number of methoxy groups -OCH3 is 1. The molecule has 0 aliphatic carbocycles. The maximum atomic E-state index is 13.0. The first-order chi connectivity index (χ1) is 16.1. The zero-order valence-electron chi connectivity index (χ0n) is 18.2. The van der Waals surface area contributed by atoms with E-state index in [2.05, 4.69) is 9.46 Å². The summed E-state index contributed by atoms with van der Waals surface area (Å²) in [6.07, 6.45) is 0. The van der Waals surface area contributed by atoms with Crippen molar-refractivity contribution in [3.63, 3.8) is 0 Å². The van der Waals surface area contributed by atoms with Gasteiger partial charge < -0.3 is 14.4 Å². The number of carbonyl (C=O) groups is 1. The first-order valence-corrected chi connectivity index (χ1v) is 11.3. The number of alkyl halides is 2. The number of hydrogen-bond acceptors (Lipinski definition) is 5. The number of amides is 1. The molecule has 3 aromatic carbocycles. The number of sulfonamides is 1. The van der Waals surface area contributed by atoms with Crippen molar-refractivity contribution in [1.82, 2.24) is 4.90 Å². The lowest BCUT2D eigenvalue weighted by Gasteiger charge is -2.19. The Balaban J connectivity index is 1.69. The van der Waals surface area contributed by atoms with Crippen LogP contribution in [0.15, 0.2) is 71.6 Å². The number of nitrogens with one attached hydrogen (secondary N) is 1. The Hall–Kier alpha value is -3.73. The fourth-order valence-corrected chi connectivity index (χ4v) is 4.14. The molecule has 0 saturated carbocycles. The van der Waals surface area contributed by atoms with Gasteiger partial charge in [-0.2, -0.15) is 8.78 Å². The summed E-state index contributed by atoms with van der Waals surface area (Å²) in [6, 6.07) is 14.5. The highest BCUT2D eigenvalue weighted by molar-refractivity contribution is 7.92. The molecule has 0 saturated heterocycles. The van der Waals surface area contributed by atoms with Crippen molar-refractivity contribution >= 4 is 21.6 Å². The average Bonchev–Trinajstić information content (AvgIpc) is 2.80. The van der Waals surface area contributed by atoms with Gasteiger partial charge in [0, 0.05) is 24.8 Å². The maximum Gasteiger partial charge on any atom is 0.387 e. The Bertz CT molecular complexity index is 1250. The normalized spacial score (nSPS) is 11.2. The van der Waals surface area contributed by atoms with E-state index in [1.165, 1.54) is 66.6 Å². The Morgan fingerprint density at radius 2 is 1.65 bits per heavy atom. The fraction of sp³-hybridized carbons (Fsp3) is 0.174. The van der Waals surface area contributed by atoms with Gasteiger partial charge in [0.25, 0.3) is 15.9 Å². The van der Waals surface area contributed by atoms with Gasteiger partial charge in [0.2, 0.25) is 0 Å². The molecule has 180 valence electrons. The van der Waals surface area contributed by atoms with Crippen LogP contribution in [0.2, 0.25) is 0 Å². The van der Waals surface area contributed by atoms with Gasteiger partial charge in [-0.3, -0.25) is 9.52 Å². The lowest BCUT2D eigenvalue weighted by atomic mass is 10.1. The Morgan fingerprint density at radius 1 is 1.00 bits per heavy atom. The second-order valence-electron chi connectivity index (χ2n) is 7.16. The molecule has 0 unspecified atom stereocenters. The van der Waals surface area contributed by atoms with Crippen LogP contribution < -0.4 is 14.2 Å². The highest BCUT2D eigenvalue weighted by atomic mass is 32.2. The van der Waals surface area contributed by atoms with E-state index in [1.54, 1.807) is 7.05 Å². The molecular weight excluding hydrogens is 473 g/mol. The topological polar surface area (TPSA) is 84.9 Å². The summed E-state index contributed by atoms with van der Waals surface area (Å²) in [5, 5.41) is 0. The van der Waals surface area contributed by atoms with Crippen molar-refractivity contribution in [1.29, 1.82) is 0 Å². The lowest BCUT2D eigenvalue weighted by Crippen LogP contribution is -2.26. The molecule has 0 spiro atoms. The number of anilines is 1. The highest BCUT2D eigenvalue weighted by Gasteiger charge is 2.18. The first-order valence-electron chi connectivity index (χ1n) is 9.84. The van der Waals surface area contributed by atoms with Crippen LogP contribution in [0.4, 0.5) is 18.9 Å². The van der Waals surface area contributed by atoms with Gasteiger partial charge in [-0.1, -0.05) is 6.07 Å². The number of benzene rings is 3. The molecule has 0 heterocycles. The monoisotopic (exact) mass is 494 g/mol.